The topological polar surface area (TPSA) is 69.6 Å². The van der Waals surface area contributed by atoms with Crippen LogP contribution < -0.4 is 5.32 Å². The molecule has 1 saturated heterocycles. The summed E-state index contributed by atoms with van der Waals surface area (Å²) in [5, 5.41) is 12.3. The van der Waals surface area contributed by atoms with Crippen LogP contribution in [0.5, 0.6) is 0 Å². The molecular formula is C15H20N2O3. The zero-order valence-electron chi connectivity index (χ0n) is 11.6. The van der Waals surface area contributed by atoms with E-state index in [0.29, 0.717) is 13.0 Å². The van der Waals surface area contributed by atoms with Crippen molar-refractivity contribution in [3.8, 4) is 0 Å². The van der Waals surface area contributed by atoms with Gasteiger partial charge in [-0.05, 0) is 31.9 Å². The van der Waals surface area contributed by atoms with Crippen molar-refractivity contribution in [1.29, 1.82) is 0 Å². The third-order valence-corrected chi connectivity index (χ3v) is 3.78. The summed E-state index contributed by atoms with van der Waals surface area (Å²) in [6.45, 7) is 2.83. The lowest BCUT2D eigenvalue weighted by Gasteiger charge is -2.37. The Morgan fingerprint density at radius 3 is 2.70 bits per heavy atom. The van der Waals surface area contributed by atoms with E-state index in [4.69, 9.17) is 0 Å². The summed E-state index contributed by atoms with van der Waals surface area (Å²) in [5.74, 6) is -0.882. The molecular weight excluding hydrogens is 256 g/mol. The fourth-order valence-corrected chi connectivity index (χ4v) is 2.47. The van der Waals surface area contributed by atoms with Crippen molar-refractivity contribution in [2.24, 2.45) is 5.41 Å². The first-order chi connectivity index (χ1) is 9.51. The highest BCUT2D eigenvalue weighted by molar-refractivity contribution is 5.82. The number of amides is 1. The Balaban J connectivity index is 1.91. The van der Waals surface area contributed by atoms with Crippen LogP contribution in [0.4, 0.5) is 5.69 Å². The van der Waals surface area contributed by atoms with Gasteiger partial charge in [-0.1, -0.05) is 18.2 Å². The van der Waals surface area contributed by atoms with E-state index in [-0.39, 0.29) is 19.0 Å². The molecule has 1 aliphatic rings. The fraction of sp³-hybridized carbons (Fsp3) is 0.467. The van der Waals surface area contributed by atoms with E-state index in [9.17, 15) is 14.7 Å². The quantitative estimate of drug-likeness (QED) is 0.880. The number of carbonyl (C=O) groups excluding carboxylic acids is 1. The molecule has 1 atom stereocenters. The Bertz CT molecular complexity index is 489. The second-order valence-electron chi connectivity index (χ2n) is 5.50. The highest BCUT2D eigenvalue weighted by atomic mass is 16.4. The number of aliphatic carboxylic acids is 1. The summed E-state index contributed by atoms with van der Waals surface area (Å²) in [5.41, 5.74) is 0.0690. The smallest absolute Gasteiger partial charge is 0.311 e. The fourth-order valence-electron chi connectivity index (χ4n) is 2.47. The van der Waals surface area contributed by atoms with Crippen LogP contribution in [0.1, 0.15) is 19.8 Å². The Morgan fingerprint density at radius 1 is 1.35 bits per heavy atom. The number of anilines is 1. The number of nitrogens with zero attached hydrogens (tertiary/aromatic N) is 1. The highest BCUT2D eigenvalue weighted by Gasteiger charge is 2.39. The first-order valence-electron chi connectivity index (χ1n) is 6.81. The zero-order valence-corrected chi connectivity index (χ0v) is 11.6. The first-order valence-corrected chi connectivity index (χ1v) is 6.81. The summed E-state index contributed by atoms with van der Waals surface area (Å²) in [6.07, 6.45) is 1.36. The van der Waals surface area contributed by atoms with Gasteiger partial charge in [-0.15, -0.1) is 0 Å². The zero-order chi connectivity index (χ0) is 14.6. The molecule has 2 N–H and O–H groups in total. The lowest BCUT2D eigenvalue weighted by Crippen LogP contribution is -2.49. The summed E-state index contributed by atoms with van der Waals surface area (Å²) in [6, 6.07) is 9.50. The standard InChI is InChI=1S/C15H20N2O3/c1-15(14(19)20)8-5-9-17(11-15)13(18)10-16-12-6-3-2-4-7-12/h2-4,6-7,16H,5,8-11H2,1H3,(H,19,20). The molecule has 1 unspecified atom stereocenters. The molecule has 1 fully saturated rings. The number of carboxylic acids is 1. The number of carbonyl (C=O) groups is 2. The number of hydrogen-bond donors (Lipinski definition) is 2. The van der Waals surface area contributed by atoms with E-state index in [1.165, 1.54) is 0 Å². The highest BCUT2D eigenvalue weighted by Crippen LogP contribution is 2.29. The van der Waals surface area contributed by atoms with Crippen LogP contribution in [0.2, 0.25) is 0 Å². The Kier molecular flexibility index (Phi) is 4.27. The van der Waals surface area contributed by atoms with E-state index in [0.717, 1.165) is 12.1 Å². The maximum absolute atomic E-state index is 12.2. The number of hydrogen-bond acceptors (Lipinski definition) is 3. The normalized spacial score (nSPS) is 22.4. The molecule has 108 valence electrons. The van der Waals surface area contributed by atoms with E-state index < -0.39 is 11.4 Å². The van der Waals surface area contributed by atoms with Crippen molar-refractivity contribution in [2.75, 3.05) is 25.0 Å². The third-order valence-electron chi connectivity index (χ3n) is 3.78. The maximum atomic E-state index is 12.2. The minimum Gasteiger partial charge on any atom is -0.481 e. The largest absolute Gasteiger partial charge is 0.481 e. The summed E-state index contributed by atoms with van der Waals surface area (Å²) in [7, 11) is 0. The van der Waals surface area contributed by atoms with Gasteiger partial charge < -0.3 is 15.3 Å². The van der Waals surface area contributed by atoms with E-state index in [2.05, 4.69) is 5.32 Å². The van der Waals surface area contributed by atoms with Gasteiger partial charge in [0.1, 0.15) is 0 Å². The van der Waals surface area contributed by atoms with Crippen molar-refractivity contribution in [3.63, 3.8) is 0 Å². The lowest BCUT2D eigenvalue weighted by molar-refractivity contribution is -0.153. The number of rotatable bonds is 4. The average Bonchev–Trinajstić information content (AvgIpc) is 2.46. The van der Waals surface area contributed by atoms with Gasteiger partial charge in [0.05, 0.1) is 12.0 Å². The minimum atomic E-state index is -0.828. The molecule has 0 spiro atoms. The third kappa shape index (κ3) is 3.29. The molecule has 0 aromatic heterocycles. The molecule has 1 aliphatic heterocycles. The molecule has 1 aromatic rings. The van der Waals surface area contributed by atoms with E-state index in [1.807, 2.05) is 30.3 Å². The maximum Gasteiger partial charge on any atom is 0.311 e. The van der Waals surface area contributed by atoms with Crippen LogP contribution in [0.3, 0.4) is 0 Å². The second kappa shape index (κ2) is 5.94. The van der Waals surface area contributed by atoms with Crippen LogP contribution in [-0.2, 0) is 9.59 Å². The summed E-state index contributed by atoms with van der Waals surface area (Å²) in [4.78, 5) is 25.1. The number of nitrogens with one attached hydrogen (secondary N) is 1. The van der Waals surface area contributed by atoms with Crippen LogP contribution in [0, 0.1) is 5.41 Å². The van der Waals surface area contributed by atoms with E-state index in [1.54, 1.807) is 11.8 Å². The molecule has 0 aliphatic carbocycles. The average molecular weight is 276 g/mol. The van der Waals surface area contributed by atoms with Crippen molar-refractivity contribution < 1.29 is 14.7 Å². The van der Waals surface area contributed by atoms with Gasteiger partial charge >= 0.3 is 5.97 Å². The van der Waals surface area contributed by atoms with Gasteiger partial charge in [0, 0.05) is 18.8 Å². The molecule has 5 heteroatoms. The van der Waals surface area contributed by atoms with Gasteiger partial charge in [-0.3, -0.25) is 9.59 Å². The number of likely N-dealkylation sites (tertiary alicyclic amines) is 1. The molecule has 0 radical (unpaired) electrons. The first kappa shape index (κ1) is 14.4. The van der Waals surface area contributed by atoms with Gasteiger partial charge in [-0.2, -0.15) is 0 Å². The Labute approximate surface area is 118 Å². The van der Waals surface area contributed by atoms with Crippen molar-refractivity contribution >= 4 is 17.6 Å². The number of carboxylic acid groups (broad SMARTS) is 1. The van der Waals surface area contributed by atoms with Crippen LogP contribution >= 0.6 is 0 Å². The molecule has 2 rings (SSSR count). The number of para-hydroxylation sites is 1. The minimum absolute atomic E-state index is 0.0546. The monoisotopic (exact) mass is 276 g/mol. The predicted octanol–water partition coefficient (Wildman–Crippen LogP) is 1.81. The van der Waals surface area contributed by atoms with Crippen LogP contribution in [-0.4, -0.2) is 41.5 Å². The molecule has 0 saturated carbocycles. The van der Waals surface area contributed by atoms with Gasteiger partial charge in [0.2, 0.25) is 5.91 Å². The molecule has 1 amide bonds. The lowest BCUT2D eigenvalue weighted by atomic mass is 9.82. The molecule has 20 heavy (non-hydrogen) atoms. The molecule has 0 bridgehead atoms. The summed E-state index contributed by atoms with van der Waals surface area (Å²) >= 11 is 0. The number of piperidine rings is 1. The second-order valence-corrected chi connectivity index (χ2v) is 5.50. The molecule has 5 nitrogen and oxygen atoms in total. The SMILES string of the molecule is CC1(C(=O)O)CCCN(C(=O)CNc2ccccc2)C1. The van der Waals surface area contributed by atoms with E-state index >= 15 is 0 Å². The van der Waals surface area contributed by atoms with Crippen molar-refractivity contribution in [3.05, 3.63) is 30.3 Å². The van der Waals surface area contributed by atoms with Crippen molar-refractivity contribution in [2.45, 2.75) is 19.8 Å². The number of benzene rings is 1. The van der Waals surface area contributed by atoms with Crippen molar-refractivity contribution in [1.82, 2.24) is 4.90 Å². The molecule has 1 aromatic carbocycles. The van der Waals surface area contributed by atoms with Crippen LogP contribution in [0.25, 0.3) is 0 Å². The summed E-state index contributed by atoms with van der Waals surface area (Å²) < 4.78 is 0. The van der Waals surface area contributed by atoms with Gasteiger partial charge in [0.15, 0.2) is 0 Å². The Morgan fingerprint density at radius 2 is 2.05 bits per heavy atom. The Hall–Kier alpha value is -2.04. The van der Waals surface area contributed by atoms with Gasteiger partial charge in [0.25, 0.3) is 0 Å². The van der Waals surface area contributed by atoms with Gasteiger partial charge in [-0.25, -0.2) is 0 Å². The molecule has 1 heterocycles. The predicted molar refractivity (Wildman–Crippen MR) is 76.5 cm³/mol. The van der Waals surface area contributed by atoms with Crippen LogP contribution in [0.15, 0.2) is 30.3 Å².